The molecule has 542 valence electrons. The Morgan fingerprint density at radius 3 is 1.37 bits per heavy atom. The van der Waals surface area contributed by atoms with Gasteiger partial charge in [0.05, 0.1) is 19.7 Å². The van der Waals surface area contributed by atoms with Crippen LogP contribution < -0.4 is 65.5 Å². The molecule has 0 aliphatic carbocycles. The van der Waals surface area contributed by atoms with E-state index in [1.807, 2.05) is 20.1 Å². The quantitative estimate of drug-likeness (QED) is 0.0128. The lowest BCUT2D eigenvalue weighted by Gasteiger charge is -2.32. The standard InChI is InChI=1S/C72H101N15O12S/c1-46(2)40-54(63(90)81-53(34-39-100-4)71(98)99-3)79-61(88)45-78-62(89)55(41-47-22-9-5-10-23-47)82-64(91)56(42-48-24-11-6-12-25-48)83-65(92)57(43-49-26-13-7-14-27-49)84-66(93)58(44-50-28-15-8-16-29-50)85-68(95)60-33-21-38-87(60)70(97)52(31-17-18-35-73)80-67(94)59-32-20-37-86(59)69(96)51(74)30-19-36-77-72(75)76/h5-16,22-29,46,51-60H,17-21,30-45,73-74H2,1-4H3,(H,78,89)(H,79,88)(H,80,94)(H,81,90)(H,82,91)(H,83,92)(H,84,93)(H,85,95)(H4,75,76,77)/t51-,52-,53+,54-,55-,56-,57-,58+,59-,60-/m0/s1. The van der Waals surface area contributed by atoms with Crippen molar-refractivity contribution in [1.29, 1.82) is 0 Å². The number of ether oxygens (including phenoxy) is 1. The largest absolute Gasteiger partial charge is 0.467 e. The molecule has 0 bridgehead atoms. The molecule has 2 fully saturated rings. The minimum Gasteiger partial charge on any atom is -0.467 e. The molecule has 2 saturated heterocycles. The summed E-state index contributed by atoms with van der Waals surface area (Å²) >= 11 is 1.48. The second kappa shape index (κ2) is 41.9. The van der Waals surface area contributed by atoms with Gasteiger partial charge in [-0.05, 0) is 117 Å². The summed E-state index contributed by atoms with van der Waals surface area (Å²) in [7, 11) is 1.22. The first-order valence-electron chi connectivity index (χ1n) is 34.3. The van der Waals surface area contributed by atoms with Crippen molar-refractivity contribution < 1.29 is 57.5 Å². The van der Waals surface area contributed by atoms with Crippen molar-refractivity contribution in [3.8, 4) is 0 Å². The topological polar surface area (TPSA) is 416 Å². The molecule has 10 atom stereocenters. The number of rotatable bonds is 40. The van der Waals surface area contributed by atoms with Crippen LogP contribution in [-0.4, -0.2) is 193 Å². The summed E-state index contributed by atoms with van der Waals surface area (Å²) in [5.74, 6) is -6.79. The Labute approximate surface area is 589 Å². The molecule has 0 radical (unpaired) electrons. The number of aliphatic imine (C=N–C) groups is 1. The maximum Gasteiger partial charge on any atom is 0.328 e. The van der Waals surface area contributed by atoms with Crippen molar-refractivity contribution in [3.05, 3.63) is 144 Å². The summed E-state index contributed by atoms with van der Waals surface area (Å²) in [5, 5.41) is 22.4. The van der Waals surface area contributed by atoms with Crippen LogP contribution in [0.1, 0.15) is 107 Å². The van der Waals surface area contributed by atoms with E-state index in [4.69, 9.17) is 27.7 Å². The molecular formula is C72H101N15O12S. The van der Waals surface area contributed by atoms with Crippen LogP contribution in [0, 0.1) is 5.92 Å². The van der Waals surface area contributed by atoms with Gasteiger partial charge in [-0.15, -0.1) is 0 Å². The molecule has 0 saturated carbocycles. The van der Waals surface area contributed by atoms with Gasteiger partial charge in [-0.3, -0.25) is 52.9 Å². The Hall–Kier alpha value is -9.41. The van der Waals surface area contributed by atoms with E-state index in [1.54, 1.807) is 121 Å². The van der Waals surface area contributed by atoms with Crippen LogP contribution in [0.3, 0.4) is 0 Å². The van der Waals surface area contributed by atoms with Gasteiger partial charge in [0.2, 0.25) is 59.1 Å². The number of nitrogens with two attached hydrogens (primary N) is 4. The number of carbonyl (C=O) groups is 11. The van der Waals surface area contributed by atoms with E-state index in [0.29, 0.717) is 79.5 Å². The first-order chi connectivity index (χ1) is 48.1. The number of amides is 10. The lowest BCUT2D eigenvalue weighted by atomic mass is 10.00. The summed E-state index contributed by atoms with van der Waals surface area (Å²) in [6, 6.07) is 23.9. The average Bonchev–Trinajstić information content (AvgIpc) is 1.70. The zero-order chi connectivity index (χ0) is 72.5. The maximum absolute atomic E-state index is 15.1. The van der Waals surface area contributed by atoms with E-state index in [0.717, 1.165) is 0 Å². The summed E-state index contributed by atoms with van der Waals surface area (Å²) in [4.78, 5) is 164. The van der Waals surface area contributed by atoms with E-state index >= 15 is 9.59 Å². The van der Waals surface area contributed by atoms with E-state index in [9.17, 15) is 43.2 Å². The molecule has 4 aromatic carbocycles. The third-order valence-electron chi connectivity index (χ3n) is 17.4. The summed E-state index contributed by atoms with van der Waals surface area (Å²) < 4.78 is 4.92. The second-order valence-corrected chi connectivity index (χ2v) is 26.6. The highest BCUT2D eigenvalue weighted by atomic mass is 32.2. The molecule has 2 aliphatic rings. The van der Waals surface area contributed by atoms with Crippen molar-refractivity contribution in [2.24, 2.45) is 33.8 Å². The number of hydrogen-bond acceptors (Lipinski definition) is 16. The van der Waals surface area contributed by atoms with Crippen molar-refractivity contribution in [2.75, 3.05) is 51.8 Å². The number of unbranched alkanes of at least 4 members (excludes halogenated alkanes) is 1. The van der Waals surface area contributed by atoms with Crippen LogP contribution in [0.15, 0.2) is 126 Å². The zero-order valence-corrected chi connectivity index (χ0v) is 58.5. The minimum atomic E-state index is -1.39. The molecule has 0 aromatic heterocycles. The molecular weight excluding hydrogens is 1300 g/mol. The normalized spacial score (nSPS) is 16.6. The first-order valence-corrected chi connectivity index (χ1v) is 35.7. The van der Waals surface area contributed by atoms with Crippen molar-refractivity contribution in [1.82, 2.24) is 52.3 Å². The predicted molar refractivity (Wildman–Crippen MR) is 382 cm³/mol. The average molecular weight is 1400 g/mol. The highest BCUT2D eigenvalue weighted by Crippen LogP contribution is 2.24. The molecule has 6 rings (SSSR count). The molecule has 2 heterocycles. The molecule has 0 spiro atoms. The van der Waals surface area contributed by atoms with E-state index in [-0.39, 0.29) is 82.9 Å². The number of esters is 1. The molecule has 27 nitrogen and oxygen atoms in total. The fraction of sp³-hybridized carbons (Fsp3) is 0.500. The van der Waals surface area contributed by atoms with Crippen LogP contribution in [0.4, 0.5) is 0 Å². The third kappa shape index (κ3) is 26.0. The highest BCUT2D eigenvalue weighted by molar-refractivity contribution is 7.98. The number of carbonyl (C=O) groups excluding carboxylic acids is 11. The summed E-state index contributed by atoms with van der Waals surface area (Å²) in [6.45, 7) is 4.17. The number of guanidine groups is 1. The minimum absolute atomic E-state index is 0.0531. The Bertz CT molecular complexity index is 3350. The monoisotopic (exact) mass is 1400 g/mol. The fourth-order valence-corrected chi connectivity index (χ4v) is 12.6. The Balaban J connectivity index is 1.22. The fourth-order valence-electron chi connectivity index (χ4n) is 12.1. The van der Waals surface area contributed by atoms with E-state index in [1.165, 1.54) is 28.7 Å². The Morgan fingerprint density at radius 2 is 0.940 bits per heavy atom. The van der Waals surface area contributed by atoms with Gasteiger partial charge >= 0.3 is 5.97 Å². The van der Waals surface area contributed by atoms with Crippen molar-refractivity contribution in [3.63, 3.8) is 0 Å². The number of hydrogen-bond donors (Lipinski definition) is 12. The van der Waals surface area contributed by atoms with Crippen molar-refractivity contribution in [2.45, 2.75) is 171 Å². The molecule has 4 aromatic rings. The molecule has 0 unspecified atom stereocenters. The summed E-state index contributed by atoms with van der Waals surface area (Å²) in [5.41, 5.74) is 25.6. The number of thioether (sulfide) groups is 1. The Kier molecular flexibility index (Phi) is 33.3. The van der Waals surface area contributed by atoms with Gasteiger partial charge in [0.1, 0.15) is 54.4 Å². The summed E-state index contributed by atoms with van der Waals surface area (Å²) in [6.07, 6.45) is 5.47. The van der Waals surface area contributed by atoms with Crippen LogP contribution >= 0.6 is 11.8 Å². The SMILES string of the molecule is COC(=O)[C@@H](CCSC)NC(=O)[C@H](CC(C)C)NC(=O)CNC(=O)[C@H](Cc1ccccc1)NC(=O)[C@H](Cc1ccccc1)NC(=O)[C@H](Cc1ccccc1)NC(=O)[C@@H](Cc1ccccc1)NC(=O)[C@@H]1CCCN1C(=O)[C@H](CCCCN)NC(=O)[C@@H]1CCCN1C(=O)[C@@H](N)CCCN=C(N)N. The van der Waals surface area contributed by atoms with Crippen LogP contribution in [0.25, 0.3) is 0 Å². The Morgan fingerprint density at radius 1 is 0.520 bits per heavy atom. The van der Waals surface area contributed by atoms with Gasteiger partial charge in [0.25, 0.3) is 0 Å². The first kappa shape index (κ1) is 79.6. The van der Waals surface area contributed by atoms with Gasteiger partial charge in [-0.2, -0.15) is 11.8 Å². The van der Waals surface area contributed by atoms with Gasteiger partial charge in [0.15, 0.2) is 5.96 Å². The van der Waals surface area contributed by atoms with Crippen molar-refractivity contribution >= 4 is 82.8 Å². The van der Waals surface area contributed by atoms with Crippen LogP contribution in [0.5, 0.6) is 0 Å². The van der Waals surface area contributed by atoms with Crippen LogP contribution in [0.2, 0.25) is 0 Å². The lowest BCUT2D eigenvalue weighted by Crippen LogP contribution is -2.61. The molecule has 2 aliphatic heterocycles. The zero-order valence-electron chi connectivity index (χ0n) is 57.7. The molecule has 28 heteroatoms. The second-order valence-electron chi connectivity index (χ2n) is 25.6. The van der Waals surface area contributed by atoms with E-state index in [2.05, 4.69) is 47.5 Å². The molecule has 16 N–H and O–H groups in total. The number of nitrogens with one attached hydrogen (secondary N) is 8. The third-order valence-corrected chi connectivity index (χ3v) is 18.0. The van der Waals surface area contributed by atoms with Gasteiger partial charge in [-0.25, -0.2) is 4.79 Å². The van der Waals surface area contributed by atoms with E-state index < -0.39 is 132 Å². The van der Waals surface area contributed by atoms with Gasteiger partial charge < -0.3 is 80.0 Å². The van der Waals surface area contributed by atoms with Gasteiger partial charge in [-0.1, -0.05) is 135 Å². The van der Waals surface area contributed by atoms with Crippen LogP contribution in [-0.2, 0) is 83.2 Å². The number of benzene rings is 4. The highest BCUT2D eigenvalue weighted by Gasteiger charge is 2.42. The molecule has 10 amide bonds. The smallest absolute Gasteiger partial charge is 0.328 e. The molecule has 100 heavy (non-hydrogen) atoms. The maximum atomic E-state index is 15.1. The van der Waals surface area contributed by atoms with Gasteiger partial charge in [0, 0.05) is 45.3 Å². The number of methoxy groups -OCH3 is 1. The number of likely N-dealkylation sites (tertiary alicyclic amines) is 2. The number of nitrogens with zero attached hydrogens (tertiary/aromatic N) is 3. The lowest BCUT2D eigenvalue weighted by molar-refractivity contribution is -0.145. The predicted octanol–water partition coefficient (Wildman–Crippen LogP) is 0.931.